The summed E-state index contributed by atoms with van der Waals surface area (Å²) in [5.41, 5.74) is 3.83. The van der Waals surface area contributed by atoms with Crippen LogP contribution in [0.4, 0.5) is 10.5 Å². The Kier molecular flexibility index (Phi) is 5.02. The van der Waals surface area contributed by atoms with E-state index in [1.165, 1.54) is 0 Å². The van der Waals surface area contributed by atoms with E-state index in [2.05, 4.69) is 5.32 Å². The highest BCUT2D eigenvalue weighted by atomic mass is 35.5. The smallest absolute Gasteiger partial charge is 0.411 e. The van der Waals surface area contributed by atoms with Crippen LogP contribution in [0.2, 0.25) is 0 Å². The first-order chi connectivity index (χ1) is 9.67. The minimum atomic E-state index is -0.463. The zero-order chi connectivity index (χ0) is 14.4. The molecule has 0 aliphatic heterocycles. The van der Waals surface area contributed by atoms with Crippen LogP contribution in [0.25, 0.3) is 0 Å². The van der Waals surface area contributed by atoms with Crippen LogP contribution >= 0.6 is 11.6 Å². The number of aryl methyl sites for hydroxylation is 1. The van der Waals surface area contributed by atoms with Gasteiger partial charge in [-0.05, 0) is 30.2 Å². The first-order valence-corrected chi connectivity index (χ1v) is 6.85. The van der Waals surface area contributed by atoms with Crippen molar-refractivity contribution in [1.82, 2.24) is 0 Å². The van der Waals surface area contributed by atoms with E-state index >= 15 is 0 Å². The quantitative estimate of drug-likeness (QED) is 0.843. The monoisotopic (exact) mass is 289 g/mol. The highest BCUT2D eigenvalue weighted by Crippen LogP contribution is 2.11. The second-order valence-corrected chi connectivity index (χ2v) is 4.78. The van der Waals surface area contributed by atoms with Crippen LogP contribution < -0.4 is 5.32 Å². The maximum atomic E-state index is 11.6. The van der Waals surface area contributed by atoms with E-state index in [-0.39, 0.29) is 6.61 Å². The fourth-order valence-corrected chi connectivity index (χ4v) is 1.84. The summed E-state index contributed by atoms with van der Waals surface area (Å²) in [5.74, 6) is 0.481. The zero-order valence-corrected chi connectivity index (χ0v) is 12.0. The molecule has 0 radical (unpaired) electrons. The van der Waals surface area contributed by atoms with Gasteiger partial charge in [-0.25, -0.2) is 4.79 Å². The molecule has 0 bridgehead atoms. The number of hydrogen-bond acceptors (Lipinski definition) is 2. The number of ether oxygens (including phenoxy) is 1. The normalized spacial score (nSPS) is 10.1. The molecule has 2 aromatic rings. The Labute approximate surface area is 123 Å². The number of amides is 1. The van der Waals surface area contributed by atoms with Gasteiger partial charge in [0.15, 0.2) is 0 Å². The maximum absolute atomic E-state index is 11.6. The van der Waals surface area contributed by atoms with Crippen molar-refractivity contribution >= 4 is 23.4 Å². The molecule has 1 amide bonds. The van der Waals surface area contributed by atoms with Crippen molar-refractivity contribution in [3.05, 3.63) is 65.2 Å². The molecule has 0 unspecified atom stereocenters. The van der Waals surface area contributed by atoms with E-state index in [1.54, 1.807) is 0 Å². The number of nitrogens with one attached hydrogen (secondary N) is 1. The number of halogens is 1. The second kappa shape index (κ2) is 6.96. The highest BCUT2D eigenvalue weighted by Gasteiger charge is 2.03. The molecule has 0 saturated heterocycles. The molecule has 0 aliphatic rings. The van der Waals surface area contributed by atoms with Crippen molar-refractivity contribution < 1.29 is 9.53 Å². The molecule has 0 heterocycles. The summed E-state index contributed by atoms with van der Waals surface area (Å²) in [6.07, 6.45) is -0.463. The molecule has 0 aliphatic carbocycles. The minimum absolute atomic E-state index is 0.236. The van der Waals surface area contributed by atoms with Crippen LogP contribution in [0.3, 0.4) is 0 Å². The van der Waals surface area contributed by atoms with Crippen LogP contribution in [-0.4, -0.2) is 6.09 Å². The summed E-state index contributed by atoms with van der Waals surface area (Å²) >= 11 is 5.71. The third-order valence-electron chi connectivity index (χ3n) is 2.85. The fraction of sp³-hybridized carbons (Fsp3) is 0.188. The number of carbonyl (C=O) groups is 1. The van der Waals surface area contributed by atoms with E-state index in [0.717, 1.165) is 22.4 Å². The van der Waals surface area contributed by atoms with Gasteiger partial charge in [0.05, 0.1) is 0 Å². The van der Waals surface area contributed by atoms with Crippen LogP contribution in [0.15, 0.2) is 48.5 Å². The number of hydrogen-bond donors (Lipinski definition) is 1. The van der Waals surface area contributed by atoms with Gasteiger partial charge in [0.2, 0.25) is 0 Å². The Bertz CT molecular complexity index is 564. The van der Waals surface area contributed by atoms with E-state index < -0.39 is 6.09 Å². The van der Waals surface area contributed by atoms with Gasteiger partial charge >= 0.3 is 6.09 Å². The number of carbonyl (C=O) groups excluding carboxylic acids is 1. The number of anilines is 1. The van der Waals surface area contributed by atoms with Gasteiger partial charge < -0.3 is 4.74 Å². The number of alkyl halides is 1. The lowest BCUT2D eigenvalue weighted by molar-refractivity contribution is 0.155. The molecule has 3 nitrogen and oxygen atoms in total. The van der Waals surface area contributed by atoms with Gasteiger partial charge in [0.25, 0.3) is 0 Å². The molecule has 2 rings (SSSR count). The Morgan fingerprint density at radius 1 is 1.05 bits per heavy atom. The zero-order valence-electron chi connectivity index (χ0n) is 11.2. The van der Waals surface area contributed by atoms with E-state index in [9.17, 15) is 4.79 Å². The second-order valence-electron chi connectivity index (χ2n) is 4.52. The molecule has 104 valence electrons. The number of benzene rings is 2. The Balaban J connectivity index is 1.83. The SMILES string of the molecule is Cc1ccc(NC(=O)OCc2ccc(CCl)cc2)cc1. The molecule has 1 N–H and O–H groups in total. The molecular weight excluding hydrogens is 274 g/mol. The molecule has 0 aromatic heterocycles. The number of rotatable bonds is 4. The van der Waals surface area contributed by atoms with E-state index in [1.807, 2.05) is 55.5 Å². The summed E-state index contributed by atoms with van der Waals surface area (Å²) in [5, 5.41) is 2.68. The van der Waals surface area contributed by atoms with Gasteiger partial charge in [-0.3, -0.25) is 5.32 Å². The molecule has 0 spiro atoms. The topological polar surface area (TPSA) is 38.3 Å². The molecule has 4 heteroatoms. The van der Waals surface area contributed by atoms with Gasteiger partial charge in [-0.15, -0.1) is 11.6 Å². The molecule has 2 aromatic carbocycles. The van der Waals surface area contributed by atoms with Crippen molar-refractivity contribution in [3.63, 3.8) is 0 Å². The summed E-state index contributed by atoms with van der Waals surface area (Å²) in [7, 11) is 0. The first kappa shape index (κ1) is 14.4. The predicted octanol–water partition coefficient (Wildman–Crippen LogP) is 4.48. The summed E-state index contributed by atoms with van der Waals surface area (Å²) in [6, 6.07) is 15.2. The molecule has 0 atom stereocenters. The lowest BCUT2D eigenvalue weighted by Gasteiger charge is -2.07. The van der Waals surface area contributed by atoms with Crippen molar-refractivity contribution in [3.8, 4) is 0 Å². The fourth-order valence-electron chi connectivity index (χ4n) is 1.66. The van der Waals surface area contributed by atoms with Gasteiger partial charge in [-0.1, -0.05) is 42.0 Å². The van der Waals surface area contributed by atoms with E-state index in [0.29, 0.717) is 5.88 Å². The molecular formula is C16H16ClNO2. The first-order valence-electron chi connectivity index (χ1n) is 6.31. The summed E-state index contributed by atoms with van der Waals surface area (Å²) in [4.78, 5) is 11.6. The lowest BCUT2D eigenvalue weighted by atomic mass is 10.2. The van der Waals surface area contributed by atoms with Crippen LogP contribution in [-0.2, 0) is 17.2 Å². The van der Waals surface area contributed by atoms with Crippen LogP contribution in [0, 0.1) is 6.92 Å². The lowest BCUT2D eigenvalue weighted by Crippen LogP contribution is -2.13. The molecule has 20 heavy (non-hydrogen) atoms. The summed E-state index contributed by atoms with van der Waals surface area (Å²) < 4.78 is 5.15. The third-order valence-corrected chi connectivity index (χ3v) is 3.15. The minimum Gasteiger partial charge on any atom is -0.444 e. The van der Waals surface area contributed by atoms with Crippen molar-refractivity contribution in [2.24, 2.45) is 0 Å². The standard InChI is InChI=1S/C16H16ClNO2/c1-12-2-8-15(9-3-12)18-16(19)20-11-14-6-4-13(10-17)5-7-14/h2-9H,10-11H2,1H3,(H,18,19). The summed E-state index contributed by atoms with van der Waals surface area (Å²) in [6.45, 7) is 2.23. The molecule has 0 saturated carbocycles. The third kappa shape index (κ3) is 4.28. The predicted molar refractivity (Wildman–Crippen MR) is 81.0 cm³/mol. The maximum Gasteiger partial charge on any atom is 0.411 e. The van der Waals surface area contributed by atoms with Crippen LogP contribution in [0.1, 0.15) is 16.7 Å². The highest BCUT2D eigenvalue weighted by molar-refractivity contribution is 6.17. The van der Waals surface area contributed by atoms with Crippen LogP contribution in [0.5, 0.6) is 0 Å². The van der Waals surface area contributed by atoms with E-state index in [4.69, 9.17) is 16.3 Å². The van der Waals surface area contributed by atoms with Crippen molar-refractivity contribution in [2.45, 2.75) is 19.4 Å². The van der Waals surface area contributed by atoms with Gasteiger partial charge in [0, 0.05) is 11.6 Å². The average Bonchev–Trinajstić information content (AvgIpc) is 2.48. The Morgan fingerprint density at radius 2 is 1.65 bits per heavy atom. The Hall–Kier alpha value is -2.00. The average molecular weight is 290 g/mol. The van der Waals surface area contributed by atoms with Crippen molar-refractivity contribution in [2.75, 3.05) is 5.32 Å². The van der Waals surface area contributed by atoms with Crippen molar-refractivity contribution in [1.29, 1.82) is 0 Å². The van der Waals surface area contributed by atoms with Gasteiger partial charge in [-0.2, -0.15) is 0 Å². The van der Waals surface area contributed by atoms with Gasteiger partial charge in [0.1, 0.15) is 6.61 Å². The largest absolute Gasteiger partial charge is 0.444 e. The molecule has 0 fully saturated rings. The Morgan fingerprint density at radius 3 is 2.25 bits per heavy atom.